The molecule has 0 spiro atoms. The minimum absolute atomic E-state index is 0.135. The van der Waals surface area contributed by atoms with Crippen molar-refractivity contribution < 1.29 is 4.79 Å². The number of carbonyl (C=O) groups excluding carboxylic acids is 1. The van der Waals surface area contributed by atoms with Crippen LogP contribution in [0.1, 0.15) is 48.7 Å². The van der Waals surface area contributed by atoms with E-state index in [-0.39, 0.29) is 5.91 Å². The van der Waals surface area contributed by atoms with Gasteiger partial charge in [-0.3, -0.25) is 9.78 Å². The van der Waals surface area contributed by atoms with Gasteiger partial charge in [-0.15, -0.1) is 0 Å². The average Bonchev–Trinajstić information content (AvgIpc) is 2.28. The standard InChI is InChI=1S/C12H18N2O/c1-4-5-9(2)10-6-7-11(14-8-10)12(15)13-3/h6-9H,4-5H2,1-3H3,(H,13,15). The number of rotatable bonds is 4. The van der Waals surface area contributed by atoms with Gasteiger partial charge in [0.1, 0.15) is 5.69 Å². The molecule has 3 heteroatoms. The molecule has 0 aromatic carbocycles. The number of hydrogen-bond acceptors (Lipinski definition) is 2. The number of nitrogens with one attached hydrogen (secondary N) is 1. The summed E-state index contributed by atoms with van der Waals surface area (Å²) in [4.78, 5) is 15.4. The van der Waals surface area contributed by atoms with Crippen molar-refractivity contribution >= 4 is 5.91 Å². The quantitative estimate of drug-likeness (QED) is 0.821. The van der Waals surface area contributed by atoms with Crippen LogP contribution < -0.4 is 5.32 Å². The van der Waals surface area contributed by atoms with Crippen LogP contribution in [-0.4, -0.2) is 17.9 Å². The van der Waals surface area contributed by atoms with Crippen molar-refractivity contribution in [2.45, 2.75) is 32.6 Å². The second kappa shape index (κ2) is 5.49. The maximum atomic E-state index is 11.2. The molecular weight excluding hydrogens is 188 g/mol. The van der Waals surface area contributed by atoms with Crippen molar-refractivity contribution in [3.05, 3.63) is 29.6 Å². The fourth-order valence-corrected chi connectivity index (χ4v) is 1.56. The summed E-state index contributed by atoms with van der Waals surface area (Å²) in [5, 5.41) is 2.55. The van der Waals surface area contributed by atoms with E-state index in [2.05, 4.69) is 24.1 Å². The third-order valence-electron chi connectivity index (χ3n) is 2.54. The number of hydrogen-bond donors (Lipinski definition) is 1. The first-order valence-corrected chi connectivity index (χ1v) is 5.37. The molecule has 0 saturated carbocycles. The topological polar surface area (TPSA) is 42.0 Å². The van der Waals surface area contributed by atoms with Crippen LogP contribution >= 0.6 is 0 Å². The van der Waals surface area contributed by atoms with E-state index in [0.717, 1.165) is 6.42 Å². The van der Waals surface area contributed by atoms with E-state index < -0.39 is 0 Å². The van der Waals surface area contributed by atoms with Crippen molar-refractivity contribution in [2.75, 3.05) is 7.05 Å². The zero-order valence-corrected chi connectivity index (χ0v) is 9.58. The molecule has 0 aliphatic heterocycles. The minimum Gasteiger partial charge on any atom is -0.354 e. The Morgan fingerprint density at radius 2 is 2.27 bits per heavy atom. The molecule has 0 bridgehead atoms. The van der Waals surface area contributed by atoms with E-state index in [0.29, 0.717) is 11.6 Å². The highest BCUT2D eigenvalue weighted by Crippen LogP contribution is 2.19. The normalized spacial score (nSPS) is 12.2. The van der Waals surface area contributed by atoms with Gasteiger partial charge in [-0.2, -0.15) is 0 Å². The van der Waals surface area contributed by atoms with Crippen LogP contribution in [0.5, 0.6) is 0 Å². The predicted octanol–water partition coefficient (Wildman–Crippen LogP) is 2.34. The summed E-state index contributed by atoms with van der Waals surface area (Å²) in [5.41, 5.74) is 1.68. The van der Waals surface area contributed by atoms with Crippen LogP contribution in [0, 0.1) is 0 Å². The lowest BCUT2D eigenvalue weighted by Crippen LogP contribution is -2.19. The second-order valence-electron chi connectivity index (χ2n) is 3.75. The fraction of sp³-hybridized carbons (Fsp3) is 0.500. The van der Waals surface area contributed by atoms with Crippen LogP contribution in [0.25, 0.3) is 0 Å². The van der Waals surface area contributed by atoms with Gasteiger partial charge in [0.15, 0.2) is 0 Å². The Balaban J connectivity index is 2.76. The third-order valence-corrected chi connectivity index (χ3v) is 2.54. The molecule has 0 aliphatic carbocycles. The Bertz CT molecular complexity index is 319. The molecule has 0 aliphatic rings. The summed E-state index contributed by atoms with van der Waals surface area (Å²) >= 11 is 0. The fourth-order valence-electron chi connectivity index (χ4n) is 1.56. The molecule has 0 radical (unpaired) electrons. The number of amides is 1. The summed E-state index contributed by atoms with van der Waals surface area (Å²) in [5.74, 6) is 0.380. The number of pyridine rings is 1. The molecule has 1 atom stereocenters. The third kappa shape index (κ3) is 3.05. The molecule has 15 heavy (non-hydrogen) atoms. The molecule has 1 N–H and O–H groups in total. The van der Waals surface area contributed by atoms with Gasteiger partial charge in [-0.1, -0.05) is 26.3 Å². The molecule has 1 heterocycles. The Labute approximate surface area is 90.9 Å². The predicted molar refractivity (Wildman–Crippen MR) is 61.0 cm³/mol. The first kappa shape index (κ1) is 11.7. The van der Waals surface area contributed by atoms with E-state index in [9.17, 15) is 4.79 Å². The lowest BCUT2D eigenvalue weighted by atomic mass is 9.98. The summed E-state index contributed by atoms with van der Waals surface area (Å²) in [6.07, 6.45) is 4.12. The Morgan fingerprint density at radius 3 is 2.73 bits per heavy atom. The Kier molecular flexibility index (Phi) is 4.28. The monoisotopic (exact) mass is 206 g/mol. The average molecular weight is 206 g/mol. The highest BCUT2D eigenvalue weighted by Gasteiger charge is 2.07. The minimum atomic E-state index is -0.135. The van der Waals surface area contributed by atoms with Crippen molar-refractivity contribution in [2.24, 2.45) is 0 Å². The SMILES string of the molecule is CCCC(C)c1ccc(C(=O)NC)nc1. The van der Waals surface area contributed by atoms with Crippen LogP contribution in [0.3, 0.4) is 0 Å². The van der Waals surface area contributed by atoms with Gasteiger partial charge < -0.3 is 5.32 Å². The Morgan fingerprint density at radius 1 is 1.53 bits per heavy atom. The molecule has 1 aromatic heterocycles. The molecule has 1 unspecified atom stereocenters. The molecule has 0 fully saturated rings. The highest BCUT2D eigenvalue weighted by atomic mass is 16.1. The van der Waals surface area contributed by atoms with Crippen molar-refractivity contribution in [3.8, 4) is 0 Å². The number of nitrogens with zero attached hydrogens (tertiary/aromatic N) is 1. The molecule has 0 saturated heterocycles. The van der Waals surface area contributed by atoms with Gasteiger partial charge in [-0.05, 0) is 24.0 Å². The van der Waals surface area contributed by atoms with E-state index in [1.807, 2.05) is 6.07 Å². The summed E-state index contributed by atoms with van der Waals surface area (Å²) < 4.78 is 0. The smallest absolute Gasteiger partial charge is 0.269 e. The van der Waals surface area contributed by atoms with E-state index >= 15 is 0 Å². The molecular formula is C12H18N2O. The van der Waals surface area contributed by atoms with Gasteiger partial charge in [0.05, 0.1) is 0 Å². The molecule has 3 nitrogen and oxygen atoms in total. The second-order valence-corrected chi connectivity index (χ2v) is 3.75. The lowest BCUT2D eigenvalue weighted by Gasteiger charge is -2.09. The van der Waals surface area contributed by atoms with Crippen molar-refractivity contribution in [1.82, 2.24) is 10.3 Å². The first-order valence-electron chi connectivity index (χ1n) is 5.37. The molecule has 1 rings (SSSR count). The van der Waals surface area contributed by atoms with Crippen molar-refractivity contribution in [3.63, 3.8) is 0 Å². The maximum absolute atomic E-state index is 11.2. The Hall–Kier alpha value is -1.38. The van der Waals surface area contributed by atoms with Crippen molar-refractivity contribution in [1.29, 1.82) is 0 Å². The van der Waals surface area contributed by atoms with E-state index in [1.165, 1.54) is 12.0 Å². The zero-order valence-electron chi connectivity index (χ0n) is 9.58. The lowest BCUT2D eigenvalue weighted by molar-refractivity contribution is 0.0958. The van der Waals surface area contributed by atoms with Crippen LogP contribution in [-0.2, 0) is 0 Å². The van der Waals surface area contributed by atoms with Gasteiger partial charge in [0, 0.05) is 13.2 Å². The summed E-state index contributed by atoms with van der Waals surface area (Å²) in [7, 11) is 1.61. The van der Waals surface area contributed by atoms with E-state index in [4.69, 9.17) is 0 Å². The molecule has 1 amide bonds. The summed E-state index contributed by atoms with van der Waals surface area (Å²) in [6.45, 7) is 4.35. The zero-order chi connectivity index (χ0) is 11.3. The van der Waals surface area contributed by atoms with Gasteiger partial charge in [-0.25, -0.2) is 0 Å². The number of carbonyl (C=O) groups is 1. The van der Waals surface area contributed by atoms with Gasteiger partial charge in [0.25, 0.3) is 5.91 Å². The largest absolute Gasteiger partial charge is 0.354 e. The molecule has 1 aromatic rings. The molecule has 82 valence electrons. The van der Waals surface area contributed by atoms with Crippen LogP contribution in [0.4, 0.5) is 0 Å². The maximum Gasteiger partial charge on any atom is 0.269 e. The van der Waals surface area contributed by atoms with E-state index in [1.54, 1.807) is 19.3 Å². The summed E-state index contributed by atoms with van der Waals surface area (Å²) in [6, 6.07) is 3.76. The van der Waals surface area contributed by atoms with Crippen LogP contribution in [0.2, 0.25) is 0 Å². The number of aromatic nitrogens is 1. The van der Waals surface area contributed by atoms with Crippen LogP contribution in [0.15, 0.2) is 18.3 Å². The van der Waals surface area contributed by atoms with Gasteiger partial charge >= 0.3 is 0 Å². The van der Waals surface area contributed by atoms with Gasteiger partial charge in [0.2, 0.25) is 0 Å². The highest BCUT2D eigenvalue weighted by molar-refractivity contribution is 5.91. The first-order chi connectivity index (χ1) is 7.19.